The molecule has 0 aromatic carbocycles. The molecule has 0 bridgehead atoms. The zero-order valence-corrected chi connectivity index (χ0v) is 14.0. The van der Waals surface area contributed by atoms with E-state index in [2.05, 4.69) is 6.92 Å². The second-order valence-corrected chi connectivity index (χ2v) is 7.79. The molecule has 3 rings (SSSR count). The van der Waals surface area contributed by atoms with Crippen molar-refractivity contribution in [2.75, 3.05) is 26.2 Å². The fourth-order valence-corrected chi connectivity index (χ4v) is 4.23. The van der Waals surface area contributed by atoms with Crippen LogP contribution in [-0.4, -0.2) is 76.0 Å². The summed E-state index contributed by atoms with van der Waals surface area (Å²) in [4.78, 5) is 16.4. The van der Waals surface area contributed by atoms with Crippen molar-refractivity contribution in [1.29, 1.82) is 0 Å². The molecular formula is C17H29FN2O3. The summed E-state index contributed by atoms with van der Waals surface area (Å²) in [5, 5.41) is 19.8. The van der Waals surface area contributed by atoms with E-state index in [-0.39, 0.29) is 18.4 Å². The van der Waals surface area contributed by atoms with E-state index in [0.29, 0.717) is 32.1 Å². The first-order chi connectivity index (χ1) is 10.9. The topological polar surface area (TPSA) is 64.0 Å². The van der Waals surface area contributed by atoms with Gasteiger partial charge in [-0.15, -0.1) is 0 Å². The van der Waals surface area contributed by atoms with Gasteiger partial charge in [0.05, 0.1) is 18.1 Å². The van der Waals surface area contributed by atoms with Crippen LogP contribution in [0.4, 0.5) is 4.39 Å². The molecule has 132 valence electrons. The van der Waals surface area contributed by atoms with E-state index >= 15 is 0 Å². The fourth-order valence-electron chi connectivity index (χ4n) is 4.23. The number of aliphatic hydroxyl groups excluding tert-OH is 1. The molecule has 6 heteroatoms. The molecule has 2 N–H and O–H groups in total. The van der Waals surface area contributed by atoms with Crippen LogP contribution in [0.15, 0.2) is 0 Å². The summed E-state index contributed by atoms with van der Waals surface area (Å²) in [6.07, 6.45) is 2.37. The Bertz CT molecular complexity index is 434. The summed E-state index contributed by atoms with van der Waals surface area (Å²) >= 11 is 0. The Hall–Kier alpha value is -0.720. The summed E-state index contributed by atoms with van der Waals surface area (Å²) < 4.78 is 13.6. The fraction of sp³-hybridized carbons (Fsp3) is 0.941. The summed E-state index contributed by atoms with van der Waals surface area (Å²) in [5.41, 5.74) is -0.769. The third kappa shape index (κ3) is 3.69. The molecule has 2 saturated heterocycles. The largest absolute Gasteiger partial charge is 0.389 e. The minimum absolute atomic E-state index is 0.0462. The Kier molecular flexibility index (Phi) is 4.95. The van der Waals surface area contributed by atoms with E-state index in [1.807, 2.05) is 9.80 Å². The summed E-state index contributed by atoms with van der Waals surface area (Å²) in [6, 6.07) is 0.218. The number of halogens is 1. The molecule has 5 nitrogen and oxygen atoms in total. The lowest BCUT2D eigenvalue weighted by Crippen LogP contribution is -2.44. The van der Waals surface area contributed by atoms with Crippen molar-refractivity contribution in [3.63, 3.8) is 0 Å². The van der Waals surface area contributed by atoms with Crippen molar-refractivity contribution in [1.82, 2.24) is 9.80 Å². The number of hydrogen-bond donors (Lipinski definition) is 2. The highest BCUT2D eigenvalue weighted by molar-refractivity contribution is 5.77. The number of likely N-dealkylation sites (tertiary alicyclic amines) is 2. The van der Waals surface area contributed by atoms with Crippen molar-refractivity contribution in [3.8, 4) is 0 Å². The molecule has 3 aliphatic rings. The molecule has 2 unspecified atom stereocenters. The van der Waals surface area contributed by atoms with Gasteiger partial charge in [0.2, 0.25) is 5.91 Å². The van der Waals surface area contributed by atoms with Gasteiger partial charge in [-0.3, -0.25) is 9.69 Å². The maximum absolute atomic E-state index is 13.6. The molecule has 2 heterocycles. The van der Waals surface area contributed by atoms with Gasteiger partial charge in [-0.25, -0.2) is 4.39 Å². The van der Waals surface area contributed by atoms with Gasteiger partial charge in [-0.05, 0) is 38.0 Å². The quantitative estimate of drug-likeness (QED) is 0.809. The van der Waals surface area contributed by atoms with E-state index in [1.54, 1.807) is 0 Å². The summed E-state index contributed by atoms with van der Waals surface area (Å²) in [5.74, 6) is 0.418. The van der Waals surface area contributed by atoms with Crippen molar-refractivity contribution in [2.24, 2.45) is 5.92 Å². The smallest absolute Gasteiger partial charge is 0.225 e. The molecule has 0 radical (unpaired) electrons. The number of β-amino-alcohol motifs (C(OH)–C–C–N with tert-alkyl or cyclic N) is 1. The zero-order valence-electron chi connectivity index (χ0n) is 14.0. The molecule has 3 fully saturated rings. The van der Waals surface area contributed by atoms with E-state index in [4.69, 9.17) is 0 Å². The highest BCUT2D eigenvalue weighted by atomic mass is 19.1. The zero-order chi connectivity index (χ0) is 16.6. The van der Waals surface area contributed by atoms with Crippen LogP contribution in [0.1, 0.15) is 45.4 Å². The highest BCUT2D eigenvalue weighted by Gasteiger charge is 2.40. The SMILES string of the molecule is CC1CCN(C(=O)CC2(O)CCC2)CCC1N1C[C@@H](O)[C@@H](F)C1. The lowest BCUT2D eigenvalue weighted by atomic mass is 9.77. The standard InChI is InChI=1S/C17H29FN2O3/c1-12-3-7-19(16(22)9-17(23)5-2-6-17)8-4-14(12)20-10-13(18)15(21)11-20/h12-15,21,23H,2-11H2,1H3/t12?,13-,14?,15+/m0/s1. The number of nitrogens with zero attached hydrogens (tertiary/aromatic N) is 2. The van der Waals surface area contributed by atoms with Gasteiger partial charge in [0.25, 0.3) is 0 Å². The average molecular weight is 328 g/mol. The molecule has 1 amide bonds. The van der Waals surface area contributed by atoms with Gasteiger partial charge in [0, 0.05) is 32.2 Å². The molecule has 0 aromatic rings. The summed E-state index contributed by atoms with van der Waals surface area (Å²) in [7, 11) is 0. The van der Waals surface area contributed by atoms with Gasteiger partial charge in [0.1, 0.15) is 6.17 Å². The van der Waals surface area contributed by atoms with Gasteiger partial charge < -0.3 is 15.1 Å². The Morgan fingerprint density at radius 3 is 2.52 bits per heavy atom. The van der Waals surface area contributed by atoms with E-state index in [9.17, 15) is 19.4 Å². The molecule has 1 aliphatic carbocycles. The lowest BCUT2D eigenvalue weighted by molar-refractivity contribution is -0.140. The van der Waals surface area contributed by atoms with Crippen molar-refractivity contribution in [2.45, 2.75) is 69.4 Å². The van der Waals surface area contributed by atoms with Gasteiger partial charge in [-0.2, -0.15) is 0 Å². The van der Waals surface area contributed by atoms with Crippen LogP contribution in [0.5, 0.6) is 0 Å². The van der Waals surface area contributed by atoms with Crippen LogP contribution >= 0.6 is 0 Å². The number of amides is 1. The third-order valence-electron chi connectivity index (χ3n) is 6.04. The van der Waals surface area contributed by atoms with Crippen molar-refractivity contribution in [3.05, 3.63) is 0 Å². The Balaban J connectivity index is 1.56. The average Bonchev–Trinajstić information content (AvgIpc) is 2.68. The summed E-state index contributed by atoms with van der Waals surface area (Å²) in [6.45, 7) is 4.21. The molecule has 1 saturated carbocycles. The molecule has 23 heavy (non-hydrogen) atoms. The van der Waals surface area contributed by atoms with Crippen LogP contribution in [-0.2, 0) is 4.79 Å². The number of aliphatic hydroxyl groups is 2. The lowest BCUT2D eigenvalue weighted by Gasteiger charge is -2.37. The monoisotopic (exact) mass is 328 g/mol. The van der Waals surface area contributed by atoms with Crippen LogP contribution in [0.25, 0.3) is 0 Å². The minimum Gasteiger partial charge on any atom is -0.389 e. The van der Waals surface area contributed by atoms with Crippen molar-refractivity contribution >= 4 is 5.91 Å². The number of carbonyl (C=O) groups excluding carboxylic acids is 1. The maximum Gasteiger partial charge on any atom is 0.225 e. The number of carbonyl (C=O) groups is 1. The predicted octanol–water partition coefficient (Wildman–Crippen LogP) is 0.933. The maximum atomic E-state index is 13.6. The van der Waals surface area contributed by atoms with E-state index in [1.165, 1.54) is 0 Å². The second kappa shape index (κ2) is 6.65. The van der Waals surface area contributed by atoms with E-state index in [0.717, 1.165) is 32.1 Å². The minimum atomic E-state index is -1.16. The van der Waals surface area contributed by atoms with Crippen LogP contribution in [0.2, 0.25) is 0 Å². The molecule has 2 aliphatic heterocycles. The normalized spacial score (nSPS) is 38.2. The van der Waals surface area contributed by atoms with Gasteiger partial charge in [0.15, 0.2) is 0 Å². The second-order valence-electron chi connectivity index (χ2n) is 7.79. The first-order valence-corrected chi connectivity index (χ1v) is 8.94. The van der Waals surface area contributed by atoms with Crippen LogP contribution in [0.3, 0.4) is 0 Å². The number of alkyl halides is 1. The first kappa shape index (κ1) is 17.1. The van der Waals surface area contributed by atoms with Crippen LogP contribution < -0.4 is 0 Å². The van der Waals surface area contributed by atoms with Crippen LogP contribution in [0, 0.1) is 5.92 Å². The molecule has 0 spiro atoms. The number of hydrogen-bond acceptors (Lipinski definition) is 4. The van der Waals surface area contributed by atoms with Gasteiger partial charge >= 0.3 is 0 Å². The highest BCUT2D eigenvalue weighted by Crippen LogP contribution is 2.35. The molecular weight excluding hydrogens is 299 g/mol. The first-order valence-electron chi connectivity index (χ1n) is 8.94. The third-order valence-corrected chi connectivity index (χ3v) is 6.04. The van der Waals surface area contributed by atoms with Crippen molar-refractivity contribution < 1.29 is 19.4 Å². The Morgan fingerprint density at radius 2 is 1.96 bits per heavy atom. The Labute approximate surface area is 137 Å². The van der Waals surface area contributed by atoms with Gasteiger partial charge in [-0.1, -0.05) is 6.92 Å². The molecule has 0 aromatic heterocycles. The predicted molar refractivity (Wildman–Crippen MR) is 84.7 cm³/mol. The van der Waals surface area contributed by atoms with E-state index < -0.39 is 17.9 Å². The number of rotatable bonds is 3. The Morgan fingerprint density at radius 1 is 1.26 bits per heavy atom. The molecule has 4 atom stereocenters.